The van der Waals surface area contributed by atoms with E-state index in [-0.39, 0.29) is 17.7 Å². The van der Waals surface area contributed by atoms with Gasteiger partial charge in [-0.2, -0.15) is 0 Å². The highest BCUT2D eigenvalue weighted by molar-refractivity contribution is 5.75. The normalized spacial score (nSPS) is 19.6. The minimum absolute atomic E-state index is 0.0157. The largest absolute Gasteiger partial charge is 0.493 e. The summed E-state index contributed by atoms with van der Waals surface area (Å²) >= 11 is 0. The number of nitrogens with one attached hydrogen (secondary N) is 1. The van der Waals surface area contributed by atoms with Crippen molar-refractivity contribution >= 4 is 5.97 Å². The van der Waals surface area contributed by atoms with E-state index in [0.29, 0.717) is 17.2 Å². The van der Waals surface area contributed by atoms with E-state index in [1.165, 1.54) is 13.2 Å². The van der Waals surface area contributed by atoms with Crippen molar-refractivity contribution in [1.82, 2.24) is 5.32 Å². The second-order valence-corrected chi connectivity index (χ2v) is 10.3. The summed E-state index contributed by atoms with van der Waals surface area (Å²) in [5, 5.41) is 13.7. The maximum atomic E-state index is 14.1. The van der Waals surface area contributed by atoms with E-state index in [9.17, 15) is 14.3 Å². The summed E-state index contributed by atoms with van der Waals surface area (Å²) in [6, 6.07) is 8.71. The summed E-state index contributed by atoms with van der Waals surface area (Å²) in [6.07, 6.45) is 3.05. The number of fused-ring (bicyclic) bond motifs is 1. The predicted molar refractivity (Wildman–Crippen MR) is 145 cm³/mol. The maximum Gasteiger partial charge on any atom is 0.333 e. The summed E-state index contributed by atoms with van der Waals surface area (Å²) < 4.78 is 36.0. The van der Waals surface area contributed by atoms with Crippen LogP contribution in [-0.2, 0) is 27.8 Å². The van der Waals surface area contributed by atoms with Crippen LogP contribution in [0.1, 0.15) is 49.8 Å². The monoisotopic (exact) mass is 531 g/mol. The van der Waals surface area contributed by atoms with Crippen LogP contribution in [0.15, 0.2) is 30.3 Å². The third-order valence-electron chi connectivity index (χ3n) is 8.03. The lowest BCUT2D eigenvalue weighted by atomic mass is 9.54. The molecule has 0 spiro atoms. The fourth-order valence-electron chi connectivity index (χ4n) is 6.40. The van der Waals surface area contributed by atoms with Crippen LogP contribution in [-0.4, -0.2) is 58.7 Å². The topological polar surface area (TPSA) is 86.3 Å². The van der Waals surface area contributed by atoms with Gasteiger partial charge in [0.05, 0.1) is 21.3 Å². The van der Waals surface area contributed by atoms with Gasteiger partial charge < -0.3 is 29.4 Å². The Morgan fingerprint density at radius 1 is 1.08 bits per heavy atom. The molecule has 210 valence electrons. The SMILES string of the molecule is COc1cc(CCCNCCC2CCc3cc(F)ccc3C2(C(C)C)C(OC)C(=O)O)cc(OC)c1OC. The molecule has 7 nitrogen and oxygen atoms in total. The van der Waals surface area contributed by atoms with E-state index >= 15 is 0 Å². The zero-order valence-corrected chi connectivity index (χ0v) is 23.4. The Bertz CT molecular complexity index is 1070. The van der Waals surface area contributed by atoms with Gasteiger partial charge in [0.2, 0.25) is 5.75 Å². The van der Waals surface area contributed by atoms with Gasteiger partial charge in [-0.25, -0.2) is 9.18 Å². The van der Waals surface area contributed by atoms with Crippen molar-refractivity contribution in [2.45, 2.75) is 57.5 Å². The zero-order chi connectivity index (χ0) is 27.9. The quantitative estimate of drug-likeness (QED) is 0.331. The third-order valence-corrected chi connectivity index (χ3v) is 8.03. The molecule has 2 N–H and O–H groups in total. The van der Waals surface area contributed by atoms with Crippen LogP contribution < -0.4 is 19.5 Å². The smallest absolute Gasteiger partial charge is 0.333 e. The Kier molecular flexibility index (Phi) is 10.4. The van der Waals surface area contributed by atoms with Crippen molar-refractivity contribution in [2.24, 2.45) is 11.8 Å². The van der Waals surface area contributed by atoms with Crippen molar-refractivity contribution in [3.63, 3.8) is 0 Å². The number of carboxylic acid groups (broad SMARTS) is 1. The van der Waals surface area contributed by atoms with E-state index in [1.807, 2.05) is 26.0 Å². The van der Waals surface area contributed by atoms with Gasteiger partial charge in [-0.1, -0.05) is 19.9 Å². The fourth-order valence-corrected chi connectivity index (χ4v) is 6.40. The number of methoxy groups -OCH3 is 4. The maximum absolute atomic E-state index is 14.1. The zero-order valence-electron chi connectivity index (χ0n) is 23.4. The first-order valence-electron chi connectivity index (χ1n) is 13.3. The lowest BCUT2D eigenvalue weighted by molar-refractivity contribution is -0.158. The van der Waals surface area contributed by atoms with Crippen LogP contribution >= 0.6 is 0 Å². The first-order valence-corrected chi connectivity index (χ1v) is 13.3. The number of rotatable bonds is 14. The van der Waals surface area contributed by atoms with Crippen molar-refractivity contribution < 1.29 is 33.2 Å². The molecule has 0 aliphatic heterocycles. The van der Waals surface area contributed by atoms with Gasteiger partial charge >= 0.3 is 5.97 Å². The van der Waals surface area contributed by atoms with Crippen LogP contribution in [0.4, 0.5) is 4.39 Å². The molecule has 3 rings (SSSR count). The van der Waals surface area contributed by atoms with E-state index in [2.05, 4.69) is 5.32 Å². The van der Waals surface area contributed by atoms with Crippen molar-refractivity contribution in [3.05, 3.63) is 52.8 Å². The standard InChI is InChI=1S/C30H42FNO6/c1-19(2)30(28(38-6)29(33)34)22(10-9-21-18-23(31)11-12-24(21)30)13-15-32-14-7-8-20-16-25(35-3)27(37-5)26(17-20)36-4/h11-12,16-19,22,28,32H,7-10,13-15H2,1-6H3,(H,33,34). The van der Waals surface area contributed by atoms with Crippen molar-refractivity contribution in [2.75, 3.05) is 41.5 Å². The number of aryl methyl sites for hydroxylation is 2. The average molecular weight is 532 g/mol. The number of carbonyl (C=O) groups is 1. The van der Waals surface area contributed by atoms with Crippen LogP contribution in [0, 0.1) is 17.7 Å². The average Bonchev–Trinajstić information content (AvgIpc) is 2.90. The van der Waals surface area contributed by atoms with Crippen LogP contribution in [0.25, 0.3) is 0 Å². The van der Waals surface area contributed by atoms with Crippen molar-refractivity contribution in [3.8, 4) is 17.2 Å². The Balaban J connectivity index is 1.69. The summed E-state index contributed by atoms with van der Waals surface area (Å²) in [6.45, 7) is 5.66. The van der Waals surface area contributed by atoms with Gasteiger partial charge in [-0.3, -0.25) is 0 Å². The second kappa shape index (κ2) is 13.3. The molecule has 0 aromatic heterocycles. The minimum Gasteiger partial charge on any atom is -0.493 e. The van der Waals surface area contributed by atoms with Gasteiger partial charge in [-0.15, -0.1) is 0 Å². The van der Waals surface area contributed by atoms with Crippen molar-refractivity contribution in [1.29, 1.82) is 0 Å². The van der Waals surface area contributed by atoms with Crippen LogP contribution in [0.5, 0.6) is 17.2 Å². The molecule has 0 amide bonds. The molecule has 1 aliphatic carbocycles. The molecule has 0 saturated carbocycles. The predicted octanol–water partition coefficient (Wildman–Crippen LogP) is 5.02. The first kappa shape index (κ1) is 29.7. The summed E-state index contributed by atoms with van der Waals surface area (Å²) in [4.78, 5) is 12.4. The second-order valence-electron chi connectivity index (χ2n) is 10.3. The molecule has 0 saturated heterocycles. The van der Waals surface area contributed by atoms with E-state index in [4.69, 9.17) is 18.9 Å². The lowest BCUT2D eigenvalue weighted by Gasteiger charge is -2.51. The molecule has 0 fully saturated rings. The van der Waals surface area contributed by atoms with Gasteiger partial charge in [0.15, 0.2) is 17.6 Å². The molecule has 0 bridgehead atoms. The number of hydrogen-bond donors (Lipinski definition) is 2. The van der Waals surface area contributed by atoms with Crippen LogP contribution in [0.2, 0.25) is 0 Å². The van der Waals surface area contributed by atoms with Crippen LogP contribution in [0.3, 0.4) is 0 Å². The number of carboxylic acids is 1. The highest BCUT2D eigenvalue weighted by Crippen LogP contribution is 2.51. The molecular formula is C30H42FNO6. The highest BCUT2D eigenvalue weighted by atomic mass is 19.1. The van der Waals surface area contributed by atoms with E-state index in [1.54, 1.807) is 33.5 Å². The molecule has 3 atom stereocenters. The molecule has 0 radical (unpaired) electrons. The summed E-state index contributed by atoms with van der Waals surface area (Å²) in [7, 11) is 6.27. The Labute approximate surface area is 225 Å². The summed E-state index contributed by atoms with van der Waals surface area (Å²) in [5.41, 5.74) is 2.14. The number of halogens is 1. The number of ether oxygens (including phenoxy) is 4. The minimum atomic E-state index is -1.02. The highest BCUT2D eigenvalue weighted by Gasteiger charge is 2.54. The van der Waals surface area contributed by atoms with Gasteiger partial charge in [0, 0.05) is 12.5 Å². The van der Waals surface area contributed by atoms with Gasteiger partial charge in [-0.05, 0) is 98.0 Å². The third kappa shape index (κ3) is 5.91. The Hall–Kier alpha value is -2.84. The Morgan fingerprint density at radius 3 is 2.32 bits per heavy atom. The molecule has 3 unspecified atom stereocenters. The number of benzene rings is 2. The summed E-state index contributed by atoms with van der Waals surface area (Å²) in [5.74, 6) is 0.645. The molecule has 0 heterocycles. The molecule has 8 heteroatoms. The van der Waals surface area contributed by atoms with E-state index in [0.717, 1.165) is 61.9 Å². The number of aliphatic carboxylic acids is 1. The molecule has 2 aromatic carbocycles. The Morgan fingerprint density at radius 2 is 1.76 bits per heavy atom. The fraction of sp³-hybridized carbons (Fsp3) is 0.567. The van der Waals surface area contributed by atoms with E-state index < -0.39 is 17.5 Å². The first-order chi connectivity index (χ1) is 18.2. The molecule has 38 heavy (non-hydrogen) atoms. The molecule has 1 aliphatic rings. The lowest BCUT2D eigenvalue weighted by Crippen LogP contribution is -2.56. The van der Waals surface area contributed by atoms with Gasteiger partial charge in [0.25, 0.3) is 0 Å². The van der Waals surface area contributed by atoms with Gasteiger partial charge in [0.1, 0.15) is 5.82 Å². The molecular weight excluding hydrogens is 489 g/mol. The number of hydrogen-bond acceptors (Lipinski definition) is 6. The molecule has 2 aromatic rings.